The van der Waals surface area contributed by atoms with Crippen LogP contribution in [0.15, 0.2) is 66.7 Å². The average Bonchev–Trinajstić information content (AvgIpc) is 2.64. The summed E-state index contributed by atoms with van der Waals surface area (Å²) >= 11 is 0. The predicted molar refractivity (Wildman–Crippen MR) is 104 cm³/mol. The minimum Gasteiger partial charge on any atom is -0.478 e. The number of carboxylic acid groups (broad SMARTS) is 2. The minimum atomic E-state index is -1.12. The van der Waals surface area contributed by atoms with E-state index in [2.05, 4.69) is 0 Å². The third-order valence-corrected chi connectivity index (χ3v) is 4.67. The summed E-state index contributed by atoms with van der Waals surface area (Å²) in [6, 6.07) is 20.4. The van der Waals surface area contributed by atoms with Crippen molar-refractivity contribution in [2.75, 3.05) is 0 Å². The summed E-state index contributed by atoms with van der Waals surface area (Å²) in [7, 11) is 0. The molecule has 0 radical (unpaired) electrons. The predicted octanol–water partition coefficient (Wildman–Crippen LogP) is 4.57. The first kappa shape index (κ1) is 18.4. The molecular weight excluding hydrogens is 340 g/mol. The summed E-state index contributed by atoms with van der Waals surface area (Å²) in [5.74, 6) is -2.24. The molecule has 0 bridgehead atoms. The Bertz CT molecular complexity index is 991. The van der Waals surface area contributed by atoms with Crippen LogP contribution in [0.2, 0.25) is 0 Å². The number of rotatable bonds is 6. The van der Waals surface area contributed by atoms with Crippen molar-refractivity contribution < 1.29 is 19.8 Å². The molecule has 0 amide bonds. The normalized spacial score (nSPS) is 10.6. The van der Waals surface area contributed by atoms with Crippen LogP contribution in [-0.2, 0) is 12.8 Å². The number of carbonyl (C=O) groups is 2. The van der Waals surface area contributed by atoms with Crippen LogP contribution < -0.4 is 0 Å². The van der Waals surface area contributed by atoms with Crippen molar-refractivity contribution in [2.24, 2.45) is 0 Å². The van der Waals surface area contributed by atoms with Crippen LogP contribution in [0.3, 0.4) is 0 Å². The lowest BCUT2D eigenvalue weighted by Crippen LogP contribution is -2.11. The Morgan fingerprint density at radius 2 is 1.26 bits per heavy atom. The molecule has 4 nitrogen and oxygen atoms in total. The van der Waals surface area contributed by atoms with Gasteiger partial charge in [0.1, 0.15) is 0 Å². The quantitative estimate of drug-likeness (QED) is 0.675. The Morgan fingerprint density at radius 1 is 0.704 bits per heavy atom. The zero-order chi connectivity index (χ0) is 19.4. The van der Waals surface area contributed by atoms with Gasteiger partial charge in [-0.25, -0.2) is 9.59 Å². The van der Waals surface area contributed by atoms with E-state index in [1.807, 2.05) is 61.5 Å². The van der Waals surface area contributed by atoms with E-state index in [0.717, 1.165) is 16.7 Å². The van der Waals surface area contributed by atoms with Crippen LogP contribution in [0.1, 0.15) is 48.5 Å². The highest BCUT2D eigenvalue weighted by molar-refractivity contribution is 5.96. The van der Waals surface area contributed by atoms with Crippen molar-refractivity contribution in [2.45, 2.75) is 19.8 Å². The van der Waals surface area contributed by atoms with Gasteiger partial charge in [-0.2, -0.15) is 0 Å². The third kappa shape index (κ3) is 4.23. The lowest BCUT2D eigenvalue weighted by atomic mass is 9.90. The van der Waals surface area contributed by atoms with E-state index in [-0.39, 0.29) is 11.1 Å². The molecule has 27 heavy (non-hydrogen) atoms. The van der Waals surface area contributed by atoms with Gasteiger partial charge in [0.15, 0.2) is 0 Å². The third-order valence-electron chi connectivity index (χ3n) is 4.67. The molecule has 0 atom stereocenters. The fraction of sp³-hybridized carbons (Fsp3) is 0.130. The Labute approximate surface area is 157 Å². The number of carboxylic acids is 2. The molecule has 0 saturated carbocycles. The van der Waals surface area contributed by atoms with E-state index >= 15 is 0 Å². The van der Waals surface area contributed by atoms with Crippen molar-refractivity contribution in [1.82, 2.24) is 0 Å². The van der Waals surface area contributed by atoms with E-state index in [9.17, 15) is 19.8 Å². The van der Waals surface area contributed by atoms with Crippen LogP contribution in [-0.4, -0.2) is 22.2 Å². The molecule has 0 saturated heterocycles. The summed E-state index contributed by atoms with van der Waals surface area (Å²) in [5.41, 5.74) is 4.37. The molecule has 136 valence electrons. The van der Waals surface area contributed by atoms with Gasteiger partial charge in [0.05, 0.1) is 11.1 Å². The van der Waals surface area contributed by atoms with Gasteiger partial charge in [-0.15, -0.1) is 0 Å². The van der Waals surface area contributed by atoms with Gasteiger partial charge < -0.3 is 10.2 Å². The summed E-state index contributed by atoms with van der Waals surface area (Å²) in [4.78, 5) is 23.5. The molecule has 3 aromatic carbocycles. The van der Waals surface area contributed by atoms with Gasteiger partial charge in [0.25, 0.3) is 0 Å². The number of aromatic carboxylic acids is 2. The number of aryl methyl sites for hydroxylation is 1. The highest BCUT2D eigenvalue weighted by Gasteiger charge is 2.19. The van der Waals surface area contributed by atoms with Crippen molar-refractivity contribution in [3.05, 3.63) is 106 Å². The van der Waals surface area contributed by atoms with Crippen LogP contribution in [0.25, 0.3) is 0 Å². The Balaban J connectivity index is 2.10. The molecule has 3 rings (SSSR count). The Kier molecular flexibility index (Phi) is 5.36. The highest BCUT2D eigenvalue weighted by atomic mass is 16.4. The maximum atomic E-state index is 11.7. The summed E-state index contributed by atoms with van der Waals surface area (Å²) in [6.45, 7) is 1.98. The Hall–Kier alpha value is -3.40. The highest BCUT2D eigenvalue weighted by Crippen LogP contribution is 2.24. The van der Waals surface area contributed by atoms with E-state index in [4.69, 9.17) is 0 Å². The van der Waals surface area contributed by atoms with E-state index < -0.39 is 11.9 Å². The largest absolute Gasteiger partial charge is 0.478 e. The van der Waals surface area contributed by atoms with E-state index in [0.29, 0.717) is 24.0 Å². The monoisotopic (exact) mass is 360 g/mol. The van der Waals surface area contributed by atoms with Gasteiger partial charge in [-0.1, -0.05) is 60.7 Å². The minimum absolute atomic E-state index is 0.0322. The van der Waals surface area contributed by atoms with Gasteiger partial charge in [-0.3, -0.25) is 0 Å². The fourth-order valence-electron chi connectivity index (χ4n) is 3.22. The molecule has 0 heterocycles. The van der Waals surface area contributed by atoms with Crippen molar-refractivity contribution in [3.8, 4) is 0 Å². The zero-order valence-corrected chi connectivity index (χ0v) is 15.0. The molecule has 0 spiro atoms. The molecule has 2 N–H and O–H groups in total. The molecule has 4 heteroatoms. The van der Waals surface area contributed by atoms with Crippen LogP contribution in [0, 0.1) is 6.92 Å². The van der Waals surface area contributed by atoms with Crippen molar-refractivity contribution in [1.29, 1.82) is 0 Å². The van der Waals surface area contributed by atoms with Crippen LogP contribution >= 0.6 is 0 Å². The molecule has 0 unspecified atom stereocenters. The summed E-state index contributed by atoms with van der Waals surface area (Å²) < 4.78 is 0. The zero-order valence-electron chi connectivity index (χ0n) is 15.0. The standard InChI is InChI=1S/C23H20O4/c1-15-7-5-6-10-17(15)12-19-13-18(11-16-8-3-2-4-9-16)20(22(24)25)14-21(19)23(26)27/h2-10,13-14H,11-12H2,1H3,(H,24,25)(H,26,27). The molecule has 0 aliphatic rings. The maximum Gasteiger partial charge on any atom is 0.336 e. The van der Waals surface area contributed by atoms with Gasteiger partial charge in [-0.05, 0) is 53.6 Å². The molecular formula is C23H20O4. The van der Waals surface area contributed by atoms with Crippen LogP contribution in [0.4, 0.5) is 0 Å². The molecule has 0 aliphatic carbocycles. The van der Waals surface area contributed by atoms with E-state index in [1.165, 1.54) is 6.07 Å². The van der Waals surface area contributed by atoms with Crippen molar-refractivity contribution in [3.63, 3.8) is 0 Å². The second kappa shape index (κ2) is 7.87. The Morgan fingerprint density at radius 3 is 1.85 bits per heavy atom. The smallest absolute Gasteiger partial charge is 0.336 e. The average molecular weight is 360 g/mol. The van der Waals surface area contributed by atoms with Crippen LogP contribution in [0.5, 0.6) is 0 Å². The number of hydrogen-bond acceptors (Lipinski definition) is 2. The second-order valence-electron chi connectivity index (χ2n) is 6.54. The molecule has 0 aliphatic heterocycles. The van der Waals surface area contributed by atoms with E-state index in [1.54, 1.807) is 6.07 Å². The molecule has 0 aromatic heterocycles. The second-order valence-corrected chi connectivity index (χ2v) is 6.54. The van der Waals surface area contributed by atoms with Gasteiger partial charge in [0.2, 0.25) is 0 Å². The maximum absolute atomic E-state index is 11.7. The first-order valence-corrected chi connectivity index (χ1v) is 8.66. The number of hydrogen-bond donors (Lipinski definition) is 2. The SMILES string of the molecule is Cc1ccccc1Cc1cc(Cc2ccccc2)c(C(=O)O)cc1C(=O)O. The first-order valence-electron chi connectivity index (χ1n) is 8.66. The lowest BCUT2D eigenvalue weighted by molar-refractivity contribution is 0.0695. The summed E-state index contributed by atoms with van der Waals surface area (Å²) in [6.07, 6.45) is 0.874. The molecule has 0 fully saturated rings. The molecule has 3 aromatic rings. The van der Waals surface area contributed by atoms with Gasteiger partial charge >= 0.3 is 11.9 Å². The lowest BCUT2D eigenvalue weighted by Gasteiger charge is -2.14. The first-order chi connectivity index (χ1) is 13.0. The fourth-order valence-corrected chi connectivity index (χ4v) is 3.22. The van der Waals surface area contributed by atoms with Crippen molar-refractivity contribution >= 4 is 11.9 Å². The van der Waals surface area contributed by atoms with Gasteiger partial charge in [0, 0.05) is 0 Å². The number of benzene rings is 3. The topological polar surface area (TPSA) is 74.6 Å². The summed E-state index contributed by atoms with van der Waals surface area (Å²) in [5, 5.41) is 19.2.